The van der Waals surface area contributed by atoms with Gasteiger partial charge in [0.25, 0.3) is 11.6 Å². The Labute approximate surface area is 121 Å². The summed E-state index contributed by atoms with van der Waals surface area (Å²) < 4.78 is 13.5. The lowest BCUT2D eigenvalue weighted by molar-refractivity contribution is -0.385. The van der Waals surface area contributed by atoms with Crippen molar-refractivity contribution in [2.45, 2.75) is 39.2 Å². The molecule has 0 saturated heterocycles. The van der Waals surface area contributed by atoms with Gasteiger partial charge in [-0.15, -0.1) is 0 Å². The first-order valence-corrected chi connectivity index (χ1v) is 6.49. The molecular weight excluding hydrogens is 279 g/mol. The zero-order valence-corrected chi connectivity index (χ0v) is 12.2. The third kappa shape index (κ3) is 4.12. The average molecular weight is 298 g/mol. The number of nitrogens with two attached hydrogens (primary N) is 1. The van der Waals surface area contributed by atoms with E-state index in [1.807, 2.05) is 20.8 Å². The predicted octanol–water partition coefficient (Wildman–Crippen LogP) is 2.33. The van der Waals surface area contributed by atoms with E-state index in [2.05, 4.69) is 10.7 Å². The van der Waals surface area contributed by atoms with Crippen LogP contribution in [-0.4, -0.2) is 16.4 Å². The maximum absolute atomic E-state index is 13.5. The minimum absolute atomic E-state index is 0.181. The van der Waals surface area contributed by atoms with Crippen molar-refractivity contribution in [2.75, 3.05) is 5.43 Å². The molecule has 0 unspecified atom stereocenters. The second-order valence-electron chi connectivity index (χ2n) is 5.34. The average Bonchev–Trinajstić information content (AvgIpc) is 2.37. The molecule has 116 valence electrons. The summed E-state index contributed by atoms with van der Waals surface area (Å²) in [5.74, 6) is 3.59. The van der Waals surface area contributed by atoms with Gasteiger partial charge in [-0.2, -0.15) is 0 Å². The molecule has 0 saturated carbocycles. The van der Waals surface area contributed by atoms with Crippen LogP contribution in [0.4, 0.5) is 15.8 Å². The maximum atomic E-state index is 13.5. The highest BCUT2D eigenvalue weighted by Crippen LogP contribution is 2.26. The van der Waals surface area contributed by atoms with Crippen LogP contribution in [0.15, 0.2) is 12.1 Å². The van der Waals surface area contributed by atoms with E-state index in [0.717, 1.165) is 12.5 Å². The number of nitro groups is 1. The van der Waals surface area contributed by atoms with E-state index in [-0.39, 0.29) is 11.3 Å². The number of nitro benzene ring substituents is 1. The van der Waals surface area contributed by atoms with Gasteiger partial charge in [0, 0.05) is 5.54 Å². The number of nitrogen functional groups attached to an aromatic ring is 1. The van der Waals surface area contributed by atoms with Crippen LogP contribution in [0.2, 0.25) is 0 Å². The van der Waals surface area contributed by atoms with Crippen LogP contribution < -0.4 is 16.6 Å². The summed E-state index contributed by atoms with van der Waals surface area (Å²) in [7, 11) is 0. The molecule has 0 aliphatic carbocycles. The van der Waals surface area contributed by atoms with Crippen molar-refractivity contribution in [2.24, 2.45) is 5.84 Å². The quantitative estimate of drug-likeness (QED) is 0.424. The highest BCUT2D eigenvalue weighted by atomic mass is 19.1. The van der Waals surface area contributed by atoms with Crippen LogP contribution in [0.3, 0.4) is 0 Å². The number of amides is 1. The summed E-state index contributed by atoms with van der Waals surface area (Å²) in [5.41, 5.74) is 0.524. The molecule has 0 spiro atoms. The molecule has 21 heavy (non-hydrogen) atoms. The number of halogens is 1. The predicted molar refractivity (Wildman–Crippen MR) is 77.3 cm³/mol. The van der Waals surface area contributed by atoms with E-state index in [9.17, 15) is 19.3 Å². The first-order valence-electron chi connectivity index (χ1n) is 6.49. The van der Waals surface area contributed by atoms with E-state index in [4.69, 9.17) is 5.84 Å². The molecule has 0 bridgehead atoms. The third-order valence-electron chi connectivity index (χ3n) is 3.01. The highest BCUT2D eigenvalue weighted by Gasteiger charge is 2.27. The SMILES string of the molecule is CCCC(C)(C)NC(=O)c1cc(NN)c(F)cc1[N+](=O)[O-]. The van der Waals surface area contributed by atoms with Crippen LogP contribution in [0.25, 0.3) is 0 Å². The molecule has 0 heterocycles. The van der Waals surface area contributed by atoms with Gasteiger partial charge in [-0.25, -0.2) is 4.39 Å². The van der Waals surface area contributed by atoms with Gasteiger partial charge in [0.05, 0.1) is 16.7 Å². The number of benzene rings is 1. The van der Waals surface area contributed by atoms with Crippen LogP contribution in [0.1, 0.15) is 44.0 Å². The maximum Gasteiger partial charge on any atom is 0.285 e. The van der Waals surface area contributed by atoms with Gasteiger partial charge in [0.1, 0.15) is 5.56 Å². The molecule has 1 amide bonds. The third-order valence-corrected chi connectivity index (χ3v) is 3.01. The number of nitrogens with zero attached hydrogens (tertiary/aromatic N) is 1. The van der Waals surface area contributed by atoms with Crippen LogP contribution in [-0.2, 0) is 0 Å². The Kier molecular flexibility index (Phi) is 5.20. The van der Waals surface area contributed by atoms with Crippen molar-refractivity contribution in [3.63, 3.8) is 0 Å². The standard InChI is InChI=1S/C13H19FN4O3/c1-4-5-13(2,3)16-12(19)8-6-10(17-15)9(14)7-11(8)18(20)21/h6-7,17H,4-5,15H2,1-3H3,(H,16,19). The fourth-order valence-corrected chi connectivity index (χ4v) is 2.07. The molecule has 0 aromatic heterocycles. The fourth-order valence-electron chi connectivity index (χ4n) is 2.07. The van der Waals surface area contributed by atoms with Crippen molar-refractivity contribution in [1.29, 1.82) is 0 Å². The van der Waals surface area contributed by atoms with Crippen LogP contribution in [0, 0.1) is 15.9 Å². The number of carbonyl (C=O) groups is 1. The van der Waals surface area contributed by atoms with Crippen molar-refractivity contribution < 1.29 is 14.1 Å². The Hall–Kier alpha value is -2.22. The topological polar surface area (TPSA) is 110 Å². The lowest BCUT2D eigenvalue weighted by Crippen LogP contribution is -2.43. The first kappa shape index (κ1) is 16.8. The second-order valence-corrected chi connectivity index (χ2v) is 5.34. The Balaban J connectivity index is 3.21. The van der Waals surface area contributed by atoms with Gasteiger partial charge >= 0.3 is 0 Å². The Morgan fingerprint density at radius 2 is 2.10 bits per heavy atom. The van der Waals surface area contributed by atoms with E-state index < -0.39 is 27.9 Å². The number of hydrogen-bond donors (Lipinski definition) is 3. The molecule has 0 aliphatic heterocycles. The van der Waals surface area contributed by atoms with Crippen molar-refractivity contribution in [3.8, 4) is 0 Å². The summed E-state index contributed by atoms with van der Waals surface area (Å²) in [4.78, 5) is 22.4. The molecule has 4 N–H and O–H groups in total. The van der Waals surface area contributed by atoms with Crippen LogP contribution in [0.5, 0.6) is 0 Å². The minimum atomic E-state index is -0.895. The van der Waals surface area contributed by atoms with Crippen molar-refractivity contribution in [1.82, 2.24) is 5.32 Å². The molecule has 0 radical (unpaired) electrons. The molecule has 0 aliphatic rings. The molecule has 8 heteroatoms. The van der Waals surface area contributed by atoms with Gasteiger partial charge in [-0.1, -0.05) is 13.3 Å². The minimum Gasteiger partial charge on any atom is -0.347 e. The van der Waals surface area contributed by atoms with E-state index in [1.165, 1.54) is 0 Å². The van der Waals surface area contributed by atoms with Gasteiger partial charge in [-0.3, -0.25) is 20.8 Å². The number of hydrogen-bond acceptors (Lipinski definition) is 5. The van der Waals surface area contributed by atoms with E-state index in [1.54, 1.807) is 0 Å². The molecular formula is C13H19FN4O3. The zero-order valence-electron chi connectivity index (χ0n) is 12.2. The Bertz CT molecular complexity index is 561. The number of rotatable bonds is 6. The second kappa shape index (κ2) is 6.49. The lowest BCUT2D eigenvalue weighted by Gasteiger charge is -2.25. The smallest absolute Gasteiger partial charge is 0.285 e. The normalized spacial score (nSPS) is 11.1. The number of hydrazine groups is 1. The molecule has 1 rings (SSSR count). The number of nitrogens with one attached hydrogen (secondary N) is 2. The highest BCUT2D eigenvalue weighted by molar-refractivity contribution is 5.99. The Morgan fingerprint density at radius 3 is 2.57 bits per heavy atom. The number of carbonyl (C=O) groups excluding carboxylic acids is 1. The van der Waals surface area contributed by atoms with Gasteiger partial charge in [0.2, 0.25) is 0 Å². The lowest BCUT2D eigenvalue weighted by atomic mass is 9.98. The summed E-state index contributed by atoms with van der Waals surface area (Å²) >= 11 is 0. The summed E-state index contributed by atoms with van der Waals surface area (Å²) in [6.07, 6.45) is 1.55. The Morgan fingerprint density at radius 1 is 1.48 bits per heavy atom. The molecule has 0 fully saturated rings. The molecule has 0 atom stereocenters. The summed E-state index contributed by atoms with van der Waals surface area (Å²) in [6, 6.07) is 1.71. The first-order chi connectivity index (χ1) is 9.71. The zero-order chi connectivity index (χ0) is 16.2. The molecule has 7 nitrogen and oxygen atoms in total. The van der Waals surface area contributed by atoms with Gasteiger partial charge in [0.15, 0.2) is 5.82 Å². The fraction of sp³-hybridized carbons (Fsp3) is 0.462. The van der Waals surface area contributed by atoms with Gasteiger partial charge in [-0.05, 0) is 26.3 Å². The number of anilines is 1. The summed E-state index contributed by atoms with van der Waals surface area (Å²) in [6.45, 7) is 5.59. The van der Waals surface area contributed by atoms with Crippen LogP contribution >= 0.6 is 0 Å². The van der Waals surface area contributed by atoms with Crippen molar-refractivity contribution >= 4 is 17.3 Å². The molecule has 1 aromatic carbocycles. The largest absolute Gasteiger partial charge is 0.347 e. The van der Waals surface area contributed by atoms with Crippen molar-refractivity contribution in [3.05, 3.63) is 33.6 Å². The summed E-state index contributed by atoms with van der Waals surface area (Å²) in [5, 5.41) is 13.7. The van der Waals surface area contributed by atoms with E-state index in [0.29, 0.717) is 12.5 Å². The van der Waals surface area contributed by atoms with E-state index >= 15 is 0 Å². The molecule has 1 aromatic rings. The monoisotopic (exact) mass is 298 g/mol. The van der Waals surface area contributed by atoms with Gasteiger partial charge < -0.3 is 10.7 Å².